The summed E-state index contributed by atoms with van der Waals surface area (Å²) in [6, 6.07) is 0. The average Bonchev–Trinajstić information content (AvgIpc) is 2.43. The Morgan fingerprint density at radius 1 is 1.00 bits per heavy atom. The molecule has 2 aliphatic heterocycles. The van der Waals surface area contributed by atoms with Gasteiger partial charge in [0.15, 0.2) is 0 Å². The van der Waals surface area contributed by atoms with Gasteiger partial charge < -0.3 is 4.48 Å². The molecule has 2 aliphatic rings. The first kappa shape index (κ1) is 12.4. The number of nitrogens with zero attached hydrogens (tertiary/aromatic N) is 1. The summed E-state index contributed by atoms with van der Waals surface area (Å²) in [6.07, 6.45) is 7.32. The van der Waals surface area contributed by atoms with Crippen LogP contribution in [0, 0.1) is 17.8 Å². The van der Waals surface area contributed by atoms with Crippen molar-refractivity contribution in [1.82, 2.24) is 0 Å². The van der Waals surface area contributed by atoms with Crippen molar-refractivity contribution in [2.45, 2.75) is 52.9 Å². The zero-order chi connectivity index (χ0) is 11.6. The van der Waals surface area contributed by atoms with Crippen molar-refractivity contribution in [3.8, 4) is 0 Å². The Balaban J connectivity index is 2.10. The van der Waals surface area contributed by atoms with E-state index in [2.05, 4.69) is 20.8 Å². The Kier molecular flexibility index (Phi) is 3.94. The lowest BCUT2D eigenvalue weighted by Crippen LogP contribution is -2.53. The molecule has 1 heteroatoms. The zero-order valence-electron chi connectivity index (χ0n) is 11.5. The normalized spacial score (nSPS) is 39.6. The smallest absolute Gasteiger partial charge is 0.0817 e. The molecule has 1 spiro atoms. The topological polar surface area (TPSA) is 0 Å². The molecule has 0 aromatic rings. The minimum atomic E-state index is 0.948. The highest BCUT2D eigenvalue weighted by Gasteiger charge is 2.38. The van der Waals surface area contributed by atoms with E-state index in [1.165, 1.54) is 62.8 Å². The first-order valence-corrected chi connectivity index (χ1v) is 7.52. The second-order valence-corrected chi connectivity index (χ2v) is 6.55. The minimum absolute atomic E-state index is 0.948. The number of piperidine rings is 1. The van der Waals surface area contributed by atoms with Gasteiger partial charge in [-0.1, -0.05) is 20.8 Å². The van der Waals surface area contributed by atoms with Crippen LogP contribution < -0.4 is 0 Å². The highest BCUT2D eigenvalue weighted by Crippen LogP contribution is 2.35. The predicted molar refractivity (Wildman–Crippen MR) is 70.3 cm³/mol. The summed E-state index contributed by atoms with van der Waals surface area (Å²) in [4.78, 5) is 0. The van der Waals surface area contributed by atoms with Gasteiger partial charge in [-0.05, 0) is 43.9 Å². The van der Waals surface area contributed by atoms with Crippen LogP contribution in [0.5, 0.6) is 0 Å². The number of hydrogen-bond acceptors (Lipinski definition) is 0. The standard InChI is InChI=1S/C15H30N/c1-4-15-12-16(9-6-5-7-10-16)11-8-13(2)14(15)3/h13-15H,4-12H2,1-3H3/q+1. The van der Waals surface area contributed by atoms with Gasteiger partial charge in [-0.2, -0.15) is 0 Å². The van der Waals surface area contributed by atoms with Gasteiger partial charge in [0.1, 0.15) is 0 Å². The molecule has 94 valence electrons. The minimum Gasteiger partial charge on any atom is -0.323 e. The Morgan fingerprint density at radius 2 is 1.69 bits per heavy atom. The van der Waals surface area contributed by atoms with Crippen molar-refractivity contribution in [3.63, 3.8) is 0 Å². The second kappa shape index (κ2) is 5.08. The zero-order valence-corrected chi connectivity index (χ0v) is 11.5. The number of quaternary nitrogens is 1. The molecule has 0 saturated carbocycles. The third kappa shape index (κ3) is 2.45. The summed E-state index contributed by atoms with van der Waals surface area (Å²) in [5, 5.41) is 0. The molecule has 0 amide bonds. The quantitative estimate of drug-likeness (QED) is 0.596. The van der Waals surface area contributed by atoms with Crippen molar-refractivity contribution in [1.29, 1.82) is 0 Å². The van der Waals surface area contributed by atoms with Gasteiger partial charge in [0.2, 0.25) is 0 Å². The molecule has 3 unspecified atom stereocenters. The van der Waals surface area contributed by atoms with Crippen LogP contribution >= 0.6 is 0 Å². The molecule has 3 atom stereocenters. The van der Waals surface area contributed by atoms with Crippen LogP contribution in [0.25, 0.3) is 0 Å². The summed E-state index contributed by atoms with van der Waals surface area (Å²) >= 11 is 0. The highest BCUT2D eigenvalue weighted by atomic mass is 15.4. The van der Waals surface area contributed by atoms with Crippen LogP contribution in [-0.2, 0) is 0 Å². The Hall–Kier alpha value is -0.0400. The molecule has 2 rings (SSSR count). The van der Waals surface area contributed by atoms with Gasteiger partial charge in [-0.25, -0.2) is 0 Å². The molecule has 2 heterocycles. The van der Waals surface area contributed by atoms with E-state index in [1.807, 2.05) is 0 Å². The third-order valence-corrected chi connectivity index (χ3v) is 5.61. The fourth-order valence-corrected chi connectivity index (χ4v) is 4.05. The Labute approximate surface area is 102 Å². The molecule has 2 saturated heterocycles. The molecular formula is C15H30N+. The largest absolute Gasteiger partial charge is 0.323 e. The van der Waals surface area contributed by atoms with E-state index >= 15 is 0 Å². The van der Waals surface area contributed by atoms with Crippen molar-refractivity contribution in [2.75, 3.05) is 26.2 Å². The number of hydrogen-bond donors (Lipinski definition) is 0. The van der Waals surface area contributed by atoms with Crippen LogP contribution in [0.15, 0.2) is 0 Å². The SMILES string of the molecule is CCC1C[N+]2(CCCCC2)CCC(C)C1C. The van der Waals surface area contributed by atoms with Crippen LogP contribution in [0.4, 0.5) is 0 Å². The lowest BCUT2D eigenvalue weighted by atomic mass is 9.82. The summed E-state index contributed by atoms with van der Waals surface area (Å²) in [7, 11) is 0. The van der Waals surface area contributed by atoms with Gasteiger partial charge in [0, 0.05) is 5.92 Å². The molecule has 16 heavy (non-hydrogen) atoms. The molecule has 0 aromatic carbocycles. The maximum Gasteiger partial charge on any atom is 0.0817 e. The third-order valence-electron chi connectivity index (χ3n) is 5.61. The molecule has 1 nitrogen and oxygen atoms in total. The molecule has 0 N–H and O–H groups in total. The Bertz CT molecular complexity index is 217. The maximum atomic E-state index is 2.50. The first-order chi connectivity index (χ1) is 7.67. The van der Waals surface area contributed by atoms with Crippen LogP contribution in [0.3, 0.4) is 0 Å². The molecule has 0 aliphatic carbocycles. The second-order valence-electron chi connectivity index (χ2n) is 6.55. The predicted octanol–water partition coefficient (Wildman–Crippen LogP) is 3.69. The van der Waals surface area contributed by atoms with E-state index in [0.717, 1.165) is 17.8 Å². The summed E-state index contributed by atoms with van der Waals surface area (Å²) in [6.45, 7) is 13.3. The fraction of sp³-hybridized carbons (Fsp3) is 1.00. The first-order valence-electron chi connectivity index (χ1n) is 7.52. The van der Waals surface area contributed by atoms with Crippen molar-refractivity contribution >= 4 is 0 Å². The molecule has 0 aromatic heterocycles. The molecule has 0 bridgehead atoms. The monoisotopic (exact) mass is 224 g/mol. The van der Waals surface area contributed by atoms with E-state index in [-0.39, 0.29) is 0 Å². The fourth-order valence-electron chi connectivity index (χ4n) is 4.05. The Morgan fingerprint density at radius 3 is 2.31 bits per heavy atom. The van der Waals surface area contributed by atoms with Crippen molar-refractivity contribution < 1.29 is 4.48 Å². The van der Waals surface area contributed by atoms with E-state index in [1.54, 1.807) is 0 Å². The van der Waals surface area contributed by atoms with Crippen LogP contribution in [-0.4, -0.2) is 30.7 Å². The number of rotatable bonds is 1. The van der Waals surface area contributed by atoms with Crippen LogP contribution in [0.2, 0.25) is 0 Å². The summed E-state index contributed by atoms with van der Waals surface area (Å²) < 4.78 is 1.48. The van der Waals surface area contributed by atoms with E-state index < -0.39 is 0 Å². The van der Waals surface area contributed by atoms with E-state index in [0.29, 0.717) is 0 Å². The van der Waals surface area contributed by atoms with Gasteiger partial charge in [0.25, 0.3) is 0 Å². The van der Waals surface area contributed by atoms with Crippen LogP contribution in [0.1, 0.15) is 52.9 Å². The van der Waals surface area contributed by atoms with Gasteiger partial charge in [-0.3, -0.25) is 0 Å². The van der Waals surface area contributed by atoms with E-state index in [4.69, 9.17) is 0 Å². The molecule has 0 radical (unpaired) electrons. The van der Waals surface area contributed by atoms with E-state index in [9.17, 15) is 0 Å². The molecular weight excluding hydrogens is 194 g/mol. The van der Waals surface area contributed by atoms with Gasteiger partial charge >= 0.3 is 0 Å². The van der Waals surface area contributed by atoms with Crippen molar-refractivity contribution in [3.05, 3.63) is 0 Å². The van der Waals surface area contributed by atoms with Gasteiger partial charge in [0.05, 0.1) is 26.2 Å². The summed E-state index contributed by atoms with van der Waals surface area (Å²) in [5.41, 5.74) is 0. The molecule has 2 fully saturated rings. The van der Waals surface area contributed by atoms with Crippen molar-refractivity contribution in [2.24, 2.45) is 17.8 Å². The summed E-state index contributed by atoms with van der Waals surface area (Å²) in [5.74, 6) is 2.88. The highest BCUT2D eigenvalue weighted by molar-refractivity contribution is 4.75. The average molecular weight is 224 g/mol. The lowest BCUT2D eigenvalue weighted by molar-refractivity contribution is -0.934. The maximum absolute atomic E-state index is 2.50. The van der Waals surface area contributed by atoms with Gasteiger partial charge in [-0.15, -0.1) is 0 Å². The lowest BCUT2D eigenvalue weighted by Gasteiger charge is -2.42.